The maximum absolute atomic E-state index is 4.08. The van der Waals surface area contributed by atoms with Crippen LogP contribution in [-0.2, 0) is 0 Å². The highest BCUT2D eigenvalue weighted by Crippen LogP contribution is 2.08. The van der Waals surface area contributed by atoms with Gasteiger partial charge in [0.1, 0.15) is 0 Å². The van der Waals surface area contributed by atoms with Crippen molar-refractivity contribution >= 4 is 12.6 Å². The van der Waals surface area contributed by atoms with Crippen molar-refractivity contribution in [1.29, 1.82) is 0 Å². The van der Waals surface area contributed by atoms with Crippen molar-refractivity contribution in [2.45, 2.75) is 32.6 Å². The summed E-state index contributed by atoms with van der Waals surface area (Å²) in [5.74, 6) is 0. The molecule has 0 nitrogen and oxygen atoms in total. The molecule has 0 aliphatic carbocycles. The van der Waals surface area contributed by atoms with E-state index in [1.807, 2.05) is 0 Å². The molecule has 0 amide bonds. The van der Waals surface area contributed by atoms with E-state index in [9.17, 15) is 0 Å². The van der Waals surface area contributed by atoms with Crippen molar-refractivity contribution in [2.24, 2.45) is 0 Å². The maximum atomic E-state index is 4.08. The molecule has 0 fully saturated rings. The van der Waals surface area contributed by atoms with E-state index in [0.29, 0.717) is 0 Å². The minimum atomic E-state index is 1.01. The SMILES string of the molecule is C=C(S)CCCCC. The highest BCUT2D eigenvalue weighted by atomic mass is 32.1. The van der Waals surface area contributed by atoms with Crippen LogP contribution in [0.25, 0.3) is 0 Å². The van der Waals surface area contributed by atoms with Crippen LogP contribution < -0.4 is 0 Å². The number of hydrogen-bond donors (Lipinski definition) is 1. The van der Waals surface area contributed by atoms with Gasteiger partial charge in [0.2, 0.25) is 0 Å². The van der Waals surface area contributed by atoms with Crippen molar-refractivity contribution in [3.63, 3.8) is 0 Å². The fourth-order valence-corrected chi connectivity index (χ4v) is 0.737. The third-order valence-electron chi connectivity index (χ3n) is 1.07. The van der Waals surface area contributed by atoms with E-state index < -0.39 is 0 Å². The van der Waals surface area contributed by atoms with E-state index in [-0.39, 0.29) is 0 Å². The molecule has 0 aromatic rings. The third-order valence-corrected chi connectivity index (χ3v) is 1.29. The number of thiol groups is 1. The summed E-state index contributed by atoms with van der Waals surface area (Å²) in [4.78, 5) is 1.01. The lowest BCUT2D eigenvalue weighted by atomic mass is 10.2. The molecule has 0 atom stereocenters. The van der Waals surface area contributed by atoms with Gasteiger partial charge in [-0.15, -0.1) is 12.6 Å². The molecule has 0 aromatic carbocycles. The summed E-state index contributed by atoms with van der Waals surface area (Å²) >= 11 is 4.08. The Bertz CT molecular complexity index is 66.8. The van der Waals surface area contributed by atoms with Crippen LogP contribution in [0.5, 0.6) is 0 Å². The van der Waals surface area contributed by atoms with E-state index in [1.54, 1.807) is 0 Å². The molecule has 0 aliphatic heterocycles. The summed E-state index contributed by atoms with van der Waals surface area (Å²) in [6.07, 6.45) is 4.91. The Morgan fingerprint density at radius 3 is 2.50 bits per heavy atom. The molecule has 0 saturated heterocycles. The molecule has 0 unspecified atom stereocenters. The van der Waals surface area contributed by atoms with Gasteiger partial charge in [-0.2, -0.15) is 0 Å². The van der Waals surface area contributed by atoms with Gasteiger partial charge in [-0.05, 0) is 17.7 Å². The normalized spacial score (nSPS) is 9.25. The quantitative estimate of drug-likeness (QED) is 0.439. The second-order valence-corrected chi connectivity index (χ2v) is 2.66. The predicted octanol–water partition coefficient (Wildman–Crippen LogP) is 3.01. The van der Waals surface area contributed by atoms with Gasteiger partial charge >= 0.3 is 0 Å². The standard InChI is InChI=1S/C7H14S/c1-3-4-5-6-7(2)8/h8H,2-6H2,1H3. The molecule has 0 bridgehead atoms. The summed E-state index contributed by atoms with van der Waals surface area (Å²) < 4.78 is 0. The van der Waals surface area contributed by atoms with Gasteiger partial charge in [0.25, 0.3) is 0 Å². The molecular weight excluding hydrogens is 116 g/mol. The third kappa shape index (κ3) is 6.09. The van der Waals surface area contributed by atoms with Crippen molar-refractivity contribution in [3.8, 4) is 0 Å². The monoisotopic (exact) mass is 130 g/mol. The molecule has 0 aromatic heterocycles. The van der Waals surface area contributed by atoms with E-state index in [4.69, 9.17) is 0 Å². The molecule has 0 rings (SSSR count). The molecule has 8 heavy (non-hydrogen) atoms. The molecule has 0 N–H and O–H groups in total. The Balaban J connectivity index is 2.82. The zero-order chi connectivity index (χ0) is 6.41. The van der Waals surface area contributed by atoms with Gasteiger partial charge in [-0.3, -0.25) is 0 Å². The van der Waals surface area contributed by atoms with Gasteiger partial charge in [0, 0.05) is 0 Å². The Labute approximate surface area is 57.4 Å². The molecule has 0 heterocycles. The fraction of sp³-hybridized carbons (Fsp3) is 0.714. The summed E-state index contributed by atoms with van der Waals surface area (Å²) in [7, 11) is 0. The molecule has 48 valence electrons. The first-order chi connectivity index (χ1) is 3.77. The lowest BCUT2D eigenvalue weighted by molar-refractivity contribution is 0.726. The number of hydrogen-bond acceptors (Lipinski definition) is 1. The van der Waals surface area contributed by atoms with Crippen molar-refractivity contribution in [2.75, 3.05) is 0 Å². The highest BCUT2D eigenvalue weighted by Gasteiger charge is 1.85. The summed E-state index contributed by atoms with van der Waals surface area (Å²) in [6, 6.07) is 0. The van der Waals surface area contributed by atoms with Gasteiger partial charge in [-0.25, -0.2) is 0 Å². The van der Waals surface area contributed by atoms with Crippen molar-refractivity contribution in [1.82, 2.24) is 0 Å². The van der Waals surface area contributed by atoms with E-state index >= 15 is 0 Å². The lowest BCUT2D eigenvalue weighted by Gasteiger charge is -1.94. The minimum Gasteiger partial charge on any atom is -0.149 e. The number of unbranched alkanes of at least 4 members (excludes halogenated alkanes) is 2. The van der Waals surface area contributed by atoms with Crippen LogP contribution in [0.1, 0.15) is 32.6 Å². The van der Waals surface area contributed by atoms with Crippen molar-refractivity contribution < 1.29 is 0 Å². The smallest absolute Gasteiger partial charge is 0.0227 e. The first kappa shape index (κ1) is 8.09. The minimum absolute atomic E-state index is 1.01. The average molecular weight is 130 g/mol. The van der Waals surface area contributed by atoms with Gasteiger partial charge in [0.05, 0.1) is 0 Å². The first-order valence-corrected chi connectivity index (χ1v) is 3.59. The van der Waals surface area contributed by atoms with Crippen LogP contribution in [0.4, 0.5) is 0 Å². The highest BCUT2D eigenvalue weighted by molar-refractivity contribution is 7.84. The molecule has 0 spiro atoms. The summed E-state index contributed by atoms with van der Waals surface area (Å²) in [5, 5.41) is 0. The van der Waals surface area contributed by atoms with Crippen LogP contribution in [0, 0.1) is 0 Å². The second kappa shape index (κ2) is 5.23. The topological polar surface area (TPSA) is 0 Å². The molecular formula is C7H14S. The van der Waals surface area contributed by atoms with Gasteiger partial charge < -0.3 is 0 Å². The Morgan fingerprint density at radius 2 is 2.12 bits per heavy atom. The largest absolute Gasteiger partial charge is 0.149 e. The zero-order valence-electron chi connectivity index (χ0n) is 5.48. The van der Waals surface area contributed by atoms with Gasteiger partial charge in [-0.1, -0.05) is 26.3 Å². The first-order valence-electron chi connectivity index (χ1n) is 3.14. The zero-order valence-corrected chi connectivity index (χ0v) is 6.38. The molecule has 0 radical (unpaired) electrons. The molecule has 0 saturated carbocycles. The average Bonchev–Trinajstić information content (AvgIpc) is 1.66. The van der Waals surface area contributed by atoms with Crippen LogP contribution >= 0.6 is 12.6 Å². The predicted molar refractivity (Wildman–Crippen MR) is 42.3 cm³/mol. The Morgan fingerprint density at radius 1 is 1.50 bits per heavy atom. The van der Waals surface area contributed by atoms with Gasteiger partial charge in [0.15, 0.2) is 0 Å². The molecule has 0 aliphatic rings. The number of allylic oxidation sites excluding steroid dienone is 1. The van der Waals surface area contributed by atoms with Crippen LogP contribution in [0.2, 0.25) is 0 Å². The van der Waals surface area contributed by atoms with Crippen LogP contribution in [0.3, 0.4) is 0 Å². The van der Waals surface area contributed by atoms with Crippen LogP contribution in [0.15, 0.2) is 11.5 Å². The summed E-state index contributed by atoms with van der Waals surface area (Å²) in [5.41, 5.74) is 0. The second-order valence-electron chi connectivity index (χ2n) is 2.02. The van der Waals surface area contributed by atoms with Crippen molar-refractivity contribution in [3.05, 3.63) is 11.5 Å². The Hall–Kier alpha value is 0.0900. The maximum Gasteiger partial charge on any atom is -0.0227 e. The summed E-state index contributed by atoms with van der Waals surface area (Å²) in [6.45, 7) is 5.89. The number of rotatable bonds is 4. The van der Waals surface area contributed by atoms with E-state index in [0.717, 1.165) is 11.3 Å². The van der Waals surface area contributed by atoms with Crippen LogP contribution in [-0.4, -0.2) is 0 Å². The van der Waals surface area contributed by atoms with E-state index in [1.165, 1.54) is 19.3 Å². The Kier molecular flexibility index (Phi) is 5.29. The lowest BCUT2D eigenvalue weighted by Crippen LogP contribution is -1.72. The molecule has 1 heteroatoms. The fourth-order valence-electron chi connectivity index (χ4n) is 0.579. The van der Waals surface area contributed by atoms with E-state index in [2.05, 4.69) is 26.1 Å².